The molecule has 0 saturated heterocycles. The summed E-state index contributed by atoms with van der Waals surface area (Å²) in [4.78, 5) is 12.0. The van der Waals surface area contributed by atoms with Crippen LogP contribution in [0.4, 0.5) is 5.69 Å². The molecule has 0 atom stereocenters. The van der Waals surface area contributed by atoms with Crippen LogP contribution in [0.1, 0.15) is 6.42 Å². The van der Waals surface area contributed by atoms with Gasteiger partial charge in [-0.05, 0) is 48.6 Å². The number of nitrogens with one attached hydrogen (secondary N) is 1. The fraction of sp³-hybridized carbons (Fsp3) is 0.278. The van der Waals surface area contributed by atoms with Crippen molar-refractivity contribution in [3.63, 3.8) is 0 Å². The van der Waals surface area contributed by atoms with E-state index in [-0.39, 0.29) is 12.7 Å². The quantitative estimate of drug-likeness (QED) is 0.696. The van der Waals surface area contributed by atoms with Crippen molar-refractivity contribution >= 4 is 35.0 Å². The minimum atomic E-state index is -0.0394. The van der Waals surface area contributed by atoms with E-state index in [0.29, 0.717) is 34.6 Å². The van der Waals surface area contributed by atoms with Gasteiger partial charge in [-0.25, -0.2) is 0 Å². The third kappa shape index (κ3) is 5.47. The van der Waals surface area contributed by atoms with Crippen LogP contribution in [0.2, 0.25) is 5.02 Å². The number of hydrogen-bond acceptors (Lipinski definition) is 5. The highest BCUT2D eigenvalue weighted by Crippen LogP contribution is 2.34. The lowest BCUT2D eigenvalue weighted by Gasteiger charge is -2.07. The van der Waals surface area contributed by atoms with Crippen molar-refractivity contribution in [3.05, 3.63) is 47.5 Å². The van der Waals surface area contributed by atoms with Crippen molar-refractivity contribution in [2.45, 2.75) is 6.42 Å². The first-order chi connectivity index (χ1) is 12.2. The van der Waals surface area contributed by atoms with Gasteiger partial charge in [-0.2, -0.15) is 11.8 Å². The van der Waals surface area contributed by atoms with Crippen molar-refractivity contribution in [2.75, 3.05) is 30.2 Å². The predicted molar refractivity (Wildman–Crippen MR) is 100 cm³/mol. The van der Waals surface area contributed by atoms with Crippen LogP contribution in [0.3, 0.4) is 0 Å². The molecular formula is C18H18ClNO4S. The highest BCUT2D eigenvalue weighted by atomic mass is 35.5. The number of ether oxygens (including phenoxy) is 3. The molecule has 0 aliphatic carbocycles. The van der Waals surface area contributed by atoms with Crippen molar-refractivity contribution in [1.29, 1.82) is 0 Å². The van der Waals surface area contributed by atoms with E-state index in [1.165, 1.54) is 0 Å². The van der Waals surface area contributed by atoms with Gasteiger partial charge in [0.25, 0.3) is 0 Å². The second kappa shape index (κ2) is 8.87. The number of anilines is 1. The molecule has 3 rings (SSSR count). The minimum absolute atomic E-state index is 0.0394. The number of fused-ring (bicyclic) bond motifs is 1. The fourth-order valence-electron chi connectivity index (χ4n) is 2.22. The molecule has 0 bridgehead atoms. The molecule has 2 aromatic rings. The molecular weight excluding hydrogens is 362 g/mol. The third-order valence-corrected chi connectivity index (χ3v) is 4.70. The predicted octanol–water partition coefficient (Wildman–Crippen LogP) is 4.21. The Morgan fingerprint density at radius 1 is 1.16 bits per heavy atom. The van der Waals surface area contributed by atoms with E-state index in [9.17, 15) is 4.79 Å². The second-order valence-corrected chi connectivity index (χ2v) is 6.87. The van der Waals surface area contributed by atoms with Gasteiger partial charge in [0.05, 0.1) is 12.4 Å². The van der Waals surface area contributed by atoms with Crippen LogP contribution in [0.5, 0.6) is 17.2 Å². The molecule has 1 aliphatic rings. The SMILES string of the molecule is O=C(CSCCCOc1ccc(Cl)cc1)Nc1ccc2c(c1)OCO2. The molecule has 0 unspecified atom stereocenters. The van der Waals surface area contributed by atoms with Gasteiger partial charge in [-0.3, -0.25) is 4.79 Å². The van der Waals surface area contributed by atoms with E-state index >= 15 is 0 Å². The average Bonchev–Trinajstić information content (AvgIpc) is 3.07. The Morgan fingerprint density at radius 3 is 2.80 bits per heavy atom. The van der Waals surface area contributed by atoms with Crippen LogP contribution in [0, 0.1) is 0 Å². The van der Waals surface area contributed by atoms with Crippen molar-refractivity contribution in [3.8, 4) is 17.2 Å². The maximum Gasteiger partial charge on any atom is 0.234 e. The Hall–Kier alpha value is -2.05. The topological polar surface area (TPSA) is 56.8 Å². The van der Waals surface area contributed by atoms with E-state index in [0.717, 1.165) is 17.9 Å². The van der Waals surface area contributed by atoms with Gasteiger partial charge in [0, 0.05) is 16.8 Å². The standard InChI is InChI=1S/C18H18ClNO4S/c19-13-2-5-15(6-3-13)22-8-1-9-25-11-18(21)20-14-4-7-16-17(10-14)24-12-23-16/h2-7,10H,1,8-9,11-12H2,(H,20,21). The van der Waals surface area contributed by atoms with E-state index in [2.05, 4.69) is 5.32 Å². The number of benzene rings is 2. The van der Waals surface area contributed by atoms with Crippen LogP contribution in [-0.2, 0) is 4.79 Å². The maximum absolute atomic E-state index is 12.0. The molecule has 0 aromatic heterocycles. The van der Waals surface area contributed by atoms with Crippen molar-refractivity contribution in [2.24, 2.45) is 0 Å². The molecule has 0 fully saturated rings. The monoisotopic (exact) mass is 379 g/mol. The van der Waals surface area contributed by atoms with Crippen LogP contribution < -0.4 is 19.5 Å². The van der Waals surface area contributed by atoms with E-state index in [4.69, 9.17) is 25.8 Å². The highest BCUT2D eigenvalue weighted by molar-refractivity contribution is 7.99. The molecule has 2 aromatic carbocycles. The Balaban J connectivity index is 1.29. The van der Waals surface area contributed by atoms with Crippen LogP contribution in [0.25, 0.3) is 0 Å². The third-order valence-electron chi connectivity index (χ3n) is 3.40. The molecule has 5 nitrogen and oxygen atoms in total. The summed E-state index contributed by atoms with van der Waals surface area (Å²) < 4.78 is 16.1. The molecule has 1 aliphatic heterocycles. The molecule has 1 amide bonds. The molecule has 0 saturated carbocycles. The average molecular weight is 380 g/mol. The number of carbonyl (C=O) groups is 1. The lowest BCUT2D eigenvalue weighted by molar-refractivity contribution is -0.113. The second-order valence-electron chi connectivity index (χ2n) is 5.32. The zero-order valence-corrected chi connectivity index (χ0v) is 15.1. The molecule has 1 heterocycles. The largest absolute Gasteiger partial charge is 0.494 e. The molecule has 132 valence electrons. The Labute approximate surface area is 155 Å². The number of carbonyl (C=O) groups excluding carboxylic acids is 1. The smallest absolute Gasteiger partial charge is 0.234 e. The summed E-state index contributed by atoms with van der Waals surface area (Å²) in [6, 6.07) is 12.6. The summed E-state index contributed by atoms with van der Waals surface area (Å²) in [6.45, 7) is 0.832. The van der Waals surface area contributed by atoms with E-state index in [1.54, 1.807) is 42.1 Å². The Kier molecular flexibility index (Phi) is 6.30. The molecule has 7 heteroatoms. The van der Waals surface area contributed by atoms with Gasteiger partial charge in [-0.1, -0.05) is 11.6 Å². The molecule has 1 N–H and O–H groups in total. The number of halogens is 1. The Bertz CT molecular complexity index is 724. The first kappa shape index (κ1) is 17.8. The lowest BCUT2D eigenvalue weighted by atomic mass is 10.3. The summed E-state index contributed by atoms with van der Waals surface area (Å²) in [5.41, 5.74) is 0.709. The normalized spacial score (nSPS) is 12.0. The number of thioether (sulfide) groups is 1. The van der Waals surface area contributed by atoms with Gasteiger partial charge < -0.3 is 19.5 Å². The fourth-order valence-corrected chi connectivity index (χ4v) is 3.07. The van der Waals surface area contributed by atoms with Crippen LogP contribution >= 0.6 is 23.4 Å². The summed E-state index contributed by atoms with van der Waals surface area (Å²) >= 11 is 7.39. The van der Waals surface area contributed by atoms with Crippen molar-refractivity contribution in [1.82, 2.24) is 0 Å². The summed E-state index contributed by atoms with van der Waals surface area (Å²) in [5, 5.41) is 3.55. The summed E-state index contributed by atoms with van der Waals surface area (Å²) in [6.07, 6.45) is 0.866. The van der Waals surface area contributed by atoms with Crippen LogP contribution in [0.15, 0.2) is 42.5 Å². The van der Waals surface area contributed by atoms with E-state index < -0.39 is 0 Å². The first-order valence-electron chi connectivity index (χ1n) is 7.86. The van der Waals surface area contributed by atoms with Gasteiger partial charge in [0.2, 0.25) is 12.7 Å². The molecule has 0 spiro atoms. The Morgan fingerprint density at radius 2 is 1.96 bits per heavy atom. The number of hydrogen-bond donors (Lipinski definition) is 1. The van der Waals surface area contributed by atoms with Crippen LogP contribution in [-0.4, -0.2) is 30.8 Å². The first-order valence-corrected chi connectivity index (χ1v) is 9.39. The lowest BCUT2D eigenvalue weighted by Crippen LogP contribution is -2.14. The molecule has 0 radical (unpaired) electrons. The summed E-state index contributed by atoms with van der Waals surface area (Å²) in [7, 11) is 0. The summed E-state index contributed by atoms with van der Waals surface area (Å²) in [5.74, 6) is 3.37. The van der Waals surface area contributed by atoms with E-state index in [1.807, 2.05) is 12.1 Å². The van der Waals surface area contributed by atoms with Crippen molar-refractivity contribution < 1.29 is 19.0 Å². The number of amides is 1. The zero-order chi connectivity index (χ0) is 17.5. The van der Waals surface area contributed by atoms with Gasteiger partial charge in [0.1, 0.15) is 5.75 Å². The zero-order valence-electron chi connectivity index (χ0n) is 13.5. The molecule has 25 heavy (non-hydrogen) atoms. The maximum atomic E-state index is 12.0. The number of rotatable bonds is 8. The van der Waals surface area contributed by atoms with Gasteiger partial charge in [-0.15, -0.1) is 0 Å². The van der Waals surface area contributed by atoms with Gasteiger partial charge >= 0.3 is 0 Å². The van der Waals surface area contributed by atoms with Gasteiger partial charge in [0.15, 0.2) is 11.5 Å². The highest BCUT2D eigenvalue weighted by Gasteiger charge is 2.14. The minimum Gasteiger partial charge on any atom is -0.494 e.